The van der Waals surface area contributed by atoms with Crippen molar-refractivity contribution >= 4 is 56.5 Å². The average molecular weight is 531 g/mol. The molecule has 2 aromatic rings. The van der Waals surface area contributed by atoms with E-state index in [0.29, 0.717) is 38.7 Å². The summed E-state index contributed by atoms with van der Waals surface area (Å²) < 4.78 is 12.0. The van der Waals surface area contributed by atoms with Crippen molar-refractivity contribution < 1.29 is 23.9 Å². The molecule has 1 aliphatic heterocycles. The maximum atomic E-state index is 12.5. The molecule has 9 heteroatoms. The Labute approximate surface area is 204 Å². The number of hydrogen-bond donors (Lipinski definition) is 1. The summed E-state index contributed by atoms with van der Waals surface area (Å²) in [5.74, 6) is 0.111. The van der Waals surface area contributed by atoms with Gasteiger partial charge in [0, 0.05) is 16.7 Å². The quantitative estimate of drug-likeness (QED) is 0.345. The van der Waals surface area contributed by atoms with Gasteiger partial charge in [0.15, 0.2) is 18.1 Å². The third-order valence-corrected chi connectivity index (χ3v) is 6.12. The Morgan fingerprint density at radius 1 is 1.18 bits per heavy atom. The van der Waals surface area contributed by atoms with Crippen LogP contribution in [0.2, 0.25) is 0 Å². The van der Waals surface area contributed by atoms with Gasteiger partial charge < -0.3 is 14.8 Å². The van der Waals surface area contributed by atoms with E-state index in [4.69, 9.17) is 9.47 Å². The molecule has 7 nitrogen and oxygen atoms in total. The standard InChI is InChI=1S/C24H23BrN2O5S/c1-4-10-27-23(29)21(33-24(27)30)12-16-11-19(31-5-2)20(13-18(16)25)32-14-22(28)26-17-8-6-15(3)7-9-17/h4,6-9,11-13H,1,5,10,14H2,2-3H3,(H,26,28)/b21-12+. The van der Waals surface area contributed by atoms with Gasteiger partial charge in [0.25, 0.3) is 17.1 Å². The molecule has 0 bridgehead atoms. The second-order valence-electron chi connectivity index (χ2n) is 7.04. The van der Waals surface area contributed by atoms with Crippen molar-refractivity contribution in [3.63, 3.8) is 0 Å². The zero-order valence-corrected chi connectivity index (χ0v) is 20.6. The van der Waals surface area contributed by atoms with Crippen molar-refractivity contribution in [2.45, 2.75) is 13.8 Å². The van der Waals surface area contributed by atoms with Crippen molar-refractivity contribution in [3.8, 4) is 11.5 Å². The molecule has 1 N–H and O–H groups in total. The summed E-state index contributed by atoms with van der Waals surface area (Å²) in [5.41, 5.74) is 2.42. The maximum absolute atomic E-state index is 12.5. The molecular weight excluding hydrogens is 508 g/mol. The number of anilines is 1. The van der Waals surface area contributed by atoms with Gasteiger partial charge >= 0.3 is 0 Å². The Kier molecular flexibility index (Phi) is 8.35. The van der Waals surface area contributed by atoms with Crippen LogP contribution in [0.5, 0.6) is 11.5 Å². The number of rotatable bonds is 9. The van der Waals surface area contributed by atoms with Crippen LogP contribution in [0.1, 0.15) is 18.1 Å². The number of imide groups is 1. The van der Waals surface area contributed by atoms with E-state index in [1.54, 1.807) is 18.2 Å². The molecule has 1 heterocycles. The fraction of sp³-hybridized carbons (Fsp3) is 0.208. The molecule has 0 radical (unpaired) electrons. The highest BCUT2D eigenvalue weighted by atomic mass is 79.9. The minimum absolute atomic E-state index is 0.158. The number of halogens is 1. The van der Waals surface area contributed by atoms with Gasteiger partial charge in [-0.05, 0) is 61.5 Å². The number of benzene rings is 2. The van der Waals surface area contributed by atoms with Crippen LogP contribution in [0.4, 0.5) is 10.5 Å². The van der Waals surface area contributed by atoms with E-state index in [1.807, 2.05) is 38.1 Å². The first-order chi connectivity index (χ1) is 15.8. The summed E-state index contributed by atoms with van der Waals surface area (Å²) in [6, 6.07) is 10.8. The lowest BCUT2D eigenvalue weighted by molar-refractivity contribution is -0.122. The first-order valence-electron chi connectivity index (χ1n) is 10.1. The molecule has 2 aromatic carbocycles. The van der Waals surface area contributed by atoms with Crippen LogP contribution >= 0.6 is 27.7 Å². The van der Waals surface area contributed by atoms with E-state index in [0.717, 1.165) is 22.2 Å². The molecule has 3 rings (SSSR count). The van der Waals surface area contributed by atoms with E-state index in [-0.39, 0.29) is 30.2 Å². The summed E-state index contributed by atoms with van der Waals surface area (Å²) in [5, 5.41) is 2.44. The van der Waals surface area contributed by atoms with E-state index < -0.39 is 0 Å². The zero-order chi connectivity index (χ0) is 24.0. The summed E-state index contributed by atoms with van der Waals surface area (Å²) >= 11 is 4.34. The fourth-order valence-corrected chi connectivity index (χ4v) is 4.22. The number of carbonyl (C=O) groups is 3. The molecule has 0 atom stereocenters. The van der Waals surface area contributed by atoms with Crippen LogP contribution in [-0.4, -0.2) is 41.7 Å². The van der Waals surface area contributed by atoms with Crippen LogP contribution in [-0.2, 0) is 9.59 Å². The molecule has 172 valence electrons. The molecule has 0 aromatic heterocycles. The molecule has 33 heavy (non-hydrogen) atoms. The number of ether oxygens (including phenoxy) is 2. The first-order valence-corrected chi connectivity index (χ1v) is 11.7. The van der Waals surface area contributed by atoms with Crippen LogP contribution in [0.25, 0.3) is 6.08 Å². The first kappa shape index (κ1) is 24.6. The van der Waals surface area contributed by atoms with Crippen molar-refractivity contribution in [2.24, 2.45) is 0 Å². The number of amides is 3. The lowest BCUT2D eigenvalue weighted by Crippen LogP contribution is -2.27. The van der Waals surface area contributed by atoms with Crippen LogP contribution in [0, 0.1) is 6.92 Å². The van der Waals surface area contributed by atoms with E-state index in [9.17, 15) is 14.4 Å². The molecule has 0 unspecified atom stereocenters. The Morgan fingerprint density at radius 3 is 2.55 bits per heavy atom. The van der Waals surface area contributed by atoms with Crippen molar-refractivity contribution in [3.05, 3.63) is 69.6 Å². The number of nitrogens with one attached hydrogen (secondary N) is 1. The minimum Gasteiger partial charge on any atom is -0.490 e. The summed E-state index contributed by atoms with van der Waals surface area (Å²) in [6.07, 6.45) is 3.12. The normalized spacial score (nSPS) is 14.5. The number of aryl methyl sites for hydroxylation is 1. The molecule has 0 aliphatic carbocycles. The molecular formula is C24H23BrN2O5S. The molecule has 0 spiro atoms. The van der Waals surface area contributed by atoms with Crippen LogP contribution in [0.3, 0.4) is 0 Å². The van der Waals surface area contributed by atoms with Gasteiger partial charge in [-0.25, -0.2) is 0 Å². The van der Waals surface area contributed by atoms with Gasteiger partial charge in [-0.15, -0.1) is 6.58 Å². The van der Waals surface area contributed by atoms with Crippen LogP contribution in [0.15, 0.2) is 58.4 Å². The number of thioether (sulfide) groups is 1. The predicted molar refractivity (Wildman–Crippen MR) is 133 cm³/mol. The van der Waals surface area contributed by atoms with E-state index >= 15 is 0 Å². The van der Waals surface area contributed by atoms with Gasteiger partial charge in [-0.2, -0.15) is 0 Å². The topological polar surface area (TPSA) is 84.9 Å². The Bertz CT molecular complexity index is 1110. The average Bonchev–Trinajstić information content (AvgIpc) is 3.04. The van der Waals surface area contributed by atoms with E-state index in [2.05, 4.69) is 27.8 Å². The third-order valence-electron chi connectivity index (χ3n) is 4.53. The summed E-state index contributed by atoms with van der Waals surface area (Å²) in [4.78, 5) is 38.3. The monoisotopic (exact) mass is 530 g/mol. The molecule has 0 saturated carbocycles. The Hall–Kier alpha value is -3.04. The van der Waals surface area contributed by atoms with Crippen molar-refractivity contribution in [1.29, 1.82) is 0 Å². The van der Waals surface area contributed by atoms with Gasteiger partial charge in [0.1, 0.15) is 0 Å². The minimum atomic E-state index is -0.372. The number of carbonyl (C=O) groups excluding carboxylic acids is 3. The largest absolute Gasteiger partial charge is 0.490 e. The predicted octanol–water partition coefficient (Wildman–Crippen LogP) is 5.40. The number of nitrogens with zero attached hydrogens (tertiary/aromatic N) is 1. The Morgan fingerprint density at radius 2 is 1.88 bits per heavy atom. The van der Waals surface area contributed by atoms with Crippen molar-refractivity contribution in [1.82, 2.24) is 4.90 Å². The Balaban J connectivity index is 1.76. The van der Waals surface area contributed by atoms with Crippen LogP contribution < -0.4 is 14.8 Å². The lowest BCUT2D eigenvalue weighted by Gasteiger charge is -2.14. The lowest BCUT2D eigenvalue weighted by atomic mass is 10.1. The second kappa shape index (κ2) is 11.2. The van der Waals surface area contributed by atoms with Gasteiger partial charge in [-0.3, -0.25) is 19.3 Å². The van der Waals surface area contributed by atoms with Gasteiger partial charge in [0.2, 0.25) is 0 Å². The molecule has 1 saturated heterocycles. The molecule has 3 amide bonds. The zero-order valence-electron chi connectivity index (χ0n) is 18.2. The number of hydrogen-bond acceptors (Lipinski definition) is 6. The second-order valence-corrected chi connectivity index (χ2v) is 8.88. The van der Waals surface area contributed by atoms with Gasteiger partial charge in [-0.1, -0.05) is 39.7 Å². The highest BCUT2D eigenvalue weighted by Crippen LogP contribution is 2.38. The fourth-order valence-electron chi connectivity index (χ4n) is 2.95. The molecule has 1 aliphatic rings. The SMILES string of the molecule is C=CCN1C(=O)S/C(=C/c2cc(OCC)c(OCC(=O)Nc3ccc(C)cc3)cc2Br)C1=O. The molecule has 1 fully saturated rings. The maximum Gasteiger partial charge on any atom is 0.293 e. The highest BCUT2D eigenvalue weighted by molar-refractivity contribution is 9.10. The summed E-state index contributed by atoms with van der Waals surface area (Å²) in [7, 11) is 0. The van der Waals surface area contributed by atoms with Gasteiger partial charge in [0.05, 0.1) is 11.5 Å². The van der Waals surface area contributed by atoms with E-state index in [1.165, 1.54) is 6.08 Å². The summed E-state index contributed by atoms with van der Waals surface area (Å²) in [6.45, 7) is 7.70. The van der Waals surface area contributed by atoms with Crippen molar-refractivity contribution in [2.75, 3.05) is 25.1 Å². The smallest absolute Gasteiger partial charge is 0.293 e. The highest BCUT2D eigenvalue weighted by Gasteiger charge is 2.34. The third kappa shape index (κ3) is 6.27.